The predicted molar refractivity (Wildman–Crippen MR) is 85.4 cm³/mol. The average molecular weight is 311 g/mol. The molecule has 0 heterocycles. The van der Waals surface area contributed by atoms with Gasteiger partial charge in [-0.3, -0.25) is 19.2 Å². The Hall–Kier alpha value is -1.52. The summed E-state index contributed by atoms with van der Waals surface area (Å²) in [5.74, 6) is -0.424. The number of rotatable bonds is 8. The van der Waals surface area contributed by atoms with Crippen LogP contribution in [0.15, 0.2) is 0 Å². The van der Waals surface area contributed by atoms with Gasteiger partial charge in [0.2, 0.25) is 5.91 Å². The molecule has 5 nitrogen and oxygen atoms in total. The highest BCUT2D eigenvalue weighted by Gasteiger charge is 2.22. The van der Waals surface area contributed by atoms with Crippen LogP contribution < -0.4 is 5.32 Å². The van der Waals surface area contributed by atoms with Crippen molar-refractivity contribution in [3.8, 4) is 0 Å². The first-order valence-corrected chi connectivity index (χ1v) is 7.69. The van der Waals surface area contributed by atoms with E-state index in [2.05, 4.69) is 5.32 Å². The normalized spacial score (nSPS) is 11.9. The molecule has 1 amide bonds. The summed E-state index contributed by atoms with van der Waals surface area (Å²) in [5, 5.41) is 2.53. The van der Waals surface area contributed by atoms with Gasteiger partial charge in [-0.1, -0.05) is 41.5 Å². The number of hydrogen-bond acceptors (Lipinski definition) is 4. The number of Topliss-reactive ketones (excluding diaryl/α,β-unsaturated/α-hetero) is 3. The third kappa shape index (κ3) is 8.70. The van der Waals surface area contributed by atoms with Crippen LogP contribution in [-0.2, 0) is 19.2 Å². The van der Waals surface area contributed by atoms with Gasteiger partial charge in [0, 0.05) is 36.5 Å². The molecule has 0 spiro atoms. The van der Waals surface area contributed by atoms with E-state index < -0.39 is 10.8 Å². The molecule has 0 bridgehead atoms. The highest BCUT2D eigenvalue weighted by Crippen LogP contribution is 2.18. The molecule has 0 aromatic rings. The fourth-order valence-corrected chi connectivity index (χ4v) is 1.54. The molecule has 0 aliphatic heterocycles. The van der Waals surface area contributed by atoms with Gasteiger partial charge in [-0.25, -0.2) is 0 Å². The van der Waals surface area contributed by atoms with Crippen molar-refractivity contribution in [2.24, 2.45) is 10.8 Å². The Morgan fingerprint density at radius 1 is 0.682 bits per heavy atom. The van der Waals surface area contributed by atoms with Crippen LogP contribution in [0.5, 0.6) is 0 Å². The van der Waals surface area contributed by atoms with Crippen LogP contribution in [-0.4, -0.2) is 29.8 Å². The number of nitrogens with one attached hydrogen (secondary N) is 1. The van der Waals surface area contributed by atoms with Crippen LogP contribution in [0.1, 0.15) is 67.2 Å². The Balaban J connectivity index is 3.99. The van der Waals surface area contributed by atoms with E-state index >= 15 is 0 Å². The number of ketones is 3. The summed E-state index contributed by atoms with van der Waals surface area (Å²) < 4.78 is 0. The molecular formula is C17H29NO4. The highest BCUT2D eigenvalue weighted by molar-refractivity contribution is 5.92. The minimum atomic E-state index is -0.490. The van der Waals surface area contributed by atoms with Gasteiger partial charge in [0.05, 0.1) is 6.54 Å². The maximum atomic E-state index is 11.7. The van der Waals surface area contributed by atoms with E-state index in [0.717, 1.165) is 0 Å². The summed E-state index contributed by atoms with van der Waals surface area (Å²) in [6.45, 7) is 10.8. The fourth-order valence-electron chi connectivity index (χ4n) is 1.54. The Bertz CT molecular complexity index is 397. The molecule has 0 aliphatic rings. The van der Waals surface area contributed by atoms with Crippen molar-refractivity contribution in [1.82, 2.24) is 5.32 Å². The van der Waals surface area contributed by atoms with Crippen molar-refractivity contribution in [1.29, 1.82) is 0 Å². The van der Waals surface area contributed by atoms with Gasteiger partial charge in [0.15, 0.2) is 5.78 Å². The maximum Gasteiger partial charge on any atom is 0.220 e. The lowest BCUT2D eigenvalue weighted by Gasteiger charge is -2.16. The second-order valence-corrected chi connectivity index (χ2v) is 7.66. The van der Waals surface area contributed by atoms with E-state index in [4.69, 9.17) is 0 Å². The van der Waals surface area contributed by atoms with Crippen molar-refractivity contribution < 1.29 is 19.2 Å². The molecule has 0 aliphatic carbocycles. The lowest BCUT2D eigenvalue weighted by molar-refractivity contribution is -0.130. The van der Waals surface area contributed by atoms with E-state index in [9.17, 15) is 19.2 Å². The molecule has 1 N–H and O–H groups in total. The zero-order valence-electron chi connectivity index (χ0n) is 14.7. The fraction of sp³-hybridized carbons (Fsp3) is 0.765. The van der Waals surface area contributed by atoms with Gasteiger partial charge in [-0.2, -0.15) is 0 Å². The van der Waals surface area contributed by atoms with Crippen LogP contribution in [0.4, 0.5) is 0 Å². The molecule has 0 fully saturated rings. The summed E-state index contributed by atoms with van der Waals surface area (Å²) in [5.41, 5.74) is -0.929. The maximum absolute atomic E-state index is 11.7. The van der Waals surface area contributed by atoms with Crippen molar-refractivity contribution >= 4 is 23.3 Å². The largest absolute Gasteiger partial charge is 0.349 e. The number of carbonyl (C=O) groups is 4. The monoisotopic (exact) mass is 311 g/mol. The first-order chi connectivity index (χ1) is 9.84. The van der Waals surface area contributed by atoms with Crippen molar-refractivity contribution in [2.45, 2.75) is 67.2 Å². The molecule has 0 rings (SSSR count). The molecule has 0 aromatic heterocycles. The van der Waals surface area contributed by atoms with E-state index in [0.29, 0.717) is 0 Å². The molecule has 0 saturated heterocycles. The van der Waals surface area contributed by atoms with Crippen LogP contribution in [0.3, 0.4) is 0 Å². The van der Waals surface area contributed by atoms with Crippen molar-refractivity contribution in [2.75, 3.05) is 6.54 Å². The lowest BCUT2D eigenvalue weighted by Crippen LogP contribution is -2.35. The topological polar surface area (TPSA) is 80.3 Å². The molecule has 126 valence electrons. The van der Waals surface area contributed by atoms with Gasteiger partial charge in [0.1, 0.15) is 11.6 Å². The van der Waals surface area contributed by atoms with E-state index in [1.165, 1.54) is 0 Å². The number of hydrogen-bond donors (Lipinski definition) is 1. The Morgan fingerprint density at radius 2 is 1.14 bits per heavy atom. The van der Waals surface area contributed by atoms with Crippen LogP contribution in [0.2, 0.25) is 0 Å². The van der Waals surface area contributed by atoms with Gasteiger partial charge in [-0.15, -0.1) is 0 Å². The minimum Gasteiger partial charge on any atom is -0.349 e. The van der Waals surface area contributed by atoms with Gasteiger partial charge >= 0.3 is 0 Å². The average Bonchev–Trinajstić information content (AvgIpc) is 2.37. The second-order valence-electron chi connectivity index (χ2n) is 7.66. The summed E-state index contributed by atoms with van der Waals surface area (Å²) in [6.07, 6.45) is 0.545. The summed E-state index contributed by atoms with van der Waals surface area (Å²) in [4.78, 5) is 46.6. The minimum absolute atomic E-state index is 0.0148. The Kier molecular flexibility index (Phi) is 7.64. The van der Waals surface area contributed by atoms with E-state index in [-0.39, 0.29) is 55.5 Å². The zero-order chi connectivity index (χ0) is 17.6. The predicted octanol–water partition coefficient (Wildman–Crippen LogP) is 2.46. The van der Waals surface area contributed by atoms with Gasteiger partial charge in [-0.05, 0) is 0 Å². The van der Waals surface area contributed by atoms with Crippen molar-refractivity contribution in [3.63, 3.8) is 0 Å². The molecule has 0 radical (unpaired) electrons. The van der Waals surface area contributed by atoms with Crippen molar-refractivity contribution in [3.05, 3.63) is 0 Å². The highest BCUT2D eigenvalue weighted by atomic mass is 16.2. The lowest BCUT2D eigenvalue weighted by atomic mass is 9.87. The number of amides is 1. The molecule has 0 unspecified atom stereocenters. The Morgan fingerprint density at radius 3 is 1.59 bits per heavy atom. The second kappa shape index (κ2) is 8.20. The number of carbonyl (C=O) groups excluding carboxylic acids is 4. The summed E-state index contributed by atoms with van der Waals surface area (Å²) in [7, 11) is 0. The third-order valence-corrected chi connectivity index (χ3v) is 3.38. The molecule has 5 heteroatoms. The van der Waals surface area contributed by atoms with Crippen LogP contribution >= 0.6 is 0 Å². The first kappa shape index (κ1) is 20.5. The quantitative estimate of drug-likeness (QED) is 0.746. The molecule has 22 heavy (non-hydrogen) atoms. The van der Waals surface area contributed by atoms with Gasteiger partial charge in [0.25, 0.3) is 0 Å². The molecule has 0 saturated carbocycles. The van der Waals surface area contributed by atoms with E-state index in [1.54, 1.807) is 20.8 Å². The Labute approximate surface area is 133 Å². The van der Waals surface area contributed by atoms with E-state index in [1.807, 2.05) is 20.8 Å². The first-order valence-electron chi connectivity index (χ1n) is 7.69. The summed E-state index contributed by atoms with van der Waals surface area (Å²) >= 11 is 0. The van der Waals surface area contributed by atoms with Crippen LogP contribution in [0.25, 0.3) is 0 Å². The van der Waals surface area contributed by atoms with Gasteiger partial charge < -0.3 is 5.32 Å². The SMILES string of the molecule is CC(C)(C)C(=O)CCC(=O)CCC(=O)NCC(=O)C(C)(C)C. The molecule has 0 aromatic carbocycles. The molecule has 0 atom stereocenters. The smallest absolute Gasteiger partial charge is 0.220 e. The molecular weight excluding hydrogens is 282 g/mol. The third-order valence-electron chi connectivity index (χ3n) is 3.38. The summed E-state index contributed by atoms with van der Waals surface area (Å²) in [6, 6.07) is 0. The zero-order valence-corrected chi connectivity index (χ0v) is 14.7. The standard InChI is InChI=1S/C17H29NO4/c1-16(2,3)13(20)9-7-12(19)8-10-15(22)18-11-14(21)17(4,5)6/h7-11H2,1-6H3,(H,18,22). The van der Waals surface area contributed by atoms with Crippen LogP contribution in [0, 0.1) is 10.8 Å².